The molecule has 0 spiro atoms. The fourth-order valence-corrected chi connectivity index (χ4v) is 7.13. The van der Waals surface area contributed by atoms with Crippen molar-refractivity contribution in [1.82, 2.24) is 0 Å². The van der Waals surface area contributed by atoms with Gasteiger partial charge in [-0.1, -0.05) is 109 Å². The summed E-state index contributed by atoms with van der Waals surface area (Å²) >= 11 is 0. The SMILES string of the molecule is C=CC(=O)Oc1ccc(-c2ccc(N(c3ccc(C)cc3)c3ccc4cc(N(c5ccc(C)cc5)c5ccc(-c6ccc(OC(=O)C=C)cc6)cc5)ccc4c3)cc2)cc1. The Balaban J connectivity index is 1.10. The number of benzene rings is 8. The van der Waals surface area contributed by atoms with Gasteiger partial charge in [0.1, 0.15) is 11.5 Å². The second-order valence-corrected chi connectivity index (χ2v) is 14.5. The van der Waals surface area contributed by atoms with Gasteiger partial charge in [-0.3, -0.25) is 0 Å². The molecule has 0 aliphatic heterocycles. The summed E-state index contributed by atoms with van der Waals surface area (Å²) < 4.78 is 10.5. The summed E-state index contributed by atoms with van der Waals surface area (Å²) in [5, 5.41) is 2.23. The van der Waals surface area contributed by atoms with Crippen LogP contribution in [0.15, 0.2) is 207 Å². The first-order chi connectivity index (χ1) is 29.2. The molecule has 0 unspecified atom stereocenters. The highest BCUT2D eigenvalue weighted by Crippen LogP contribution is 2.40. The van der Waals surface area contributed by atoms with Gasteiger partial charge in [0.05, 0.1) is 0 Å². The van der Waals surface area contributed by atoms with Gasteiger partial charge < -0.3 is 19.3 Å². The normalized spacial score (nSPS) is 10.8. The number of nitrogens with zero attached hydrogens (tertiary/aromatic N) is 2. The number of esters is 2. The largest absolute Gasteiger partial charge is 0.423 e. The monoisotopic (exact) mass is 782 g/mol. The van der Waals surface area contributed by atoms with Gasteiger partial charge in [0.25, 0.3) is 0 Å². The number of ether oxygens (including phenoxy) is 2. The van der Waals surface area contributed by atoms with Crippen molar-refractivity contribution in [3.8, 4) is 33.8 Å². The first-order valence-electron chi connectivity index (χ1n) is 19.6. The Morgan fingerprint density at radius 3 is 0.950 bits per heavy atom. The van der Waals surface area contributed by atoms with E-state index in [9.17, 15) is 9.59 Å². The molecule has 0 atom stereocenters. The van der Waals surface area contributed by atoms with Gasteiger partial charge in [-0.25, -0.2) is 9.59 Å². The molecular formula is C54H42N2O4. The van der Waals surface area contributed by atoms with Crippen LogP contribution < -0.4 is 19.3 Å². The van der Waals surface area contributed by atoms with Gasteiger partial charge in [-0.15, -0.1) is 0 Å². The van der Waals surface area contributed by atoms with Crippen molar-refractivity contribution in [3.05, 3.63) is 218 Å². The van der Waals surface area contributed by atoms with Gasteiger partial charge in [0.15, 0.2) is 0 Å². The van der Waals surface area contributed by atoms with Gasteiger partial charge in [-0.2, -0.15) is 0 Å². The standard InChI is InChI=1S/C54H42N2O4/c1-5-53(57)59-51-31-17-41(18-32-51)39-11-25-47(26-12-39)55(45-21-7-37(3)8-22-45)49-29-15-44-36-50(30-16-43(44)35-49)56(46-23-9-38(4)10-24-46)48-27-13-40(14-28-48)42-19-33-52(34-20-42)60-54(58)6-2/h5-36H,1-2H2,3-4H3. The van der Waals surface area contributed by atoms with E-state index in [0.717, 1.165) is 79.3 Å². The molecule has 0 saturated heterocycles. The fraction of sp³-hybridized carbons (Fsp3) is 0.0370. The van der Waals surface area contributed by atoms with Crippen molar-refractivity contribution in [2.45, 2.75) is 13.8 Å². The maximum Gasteiger partial charge on any atom is 0.335 e. The third-order valence-corrected chi connectivity index (χ3v) is 10.3. The quantitative estimate of drug-likeness (QED) is 0.0699. The predicted octanol–water partition coefficient (Wildman–Crippen LogP) is 13.9. The van der Waals surface area contributed by atoms with Crippen molar-refractivity contribution < 1.29 is 19.1 Å². The second-order valence-electron chi connectivity index (χ2n) is 14.5. The lowest BCUT2D eigenvalue weighted by Crippen LogP contribution is -2.10. The minimum absolute atomic E-state index is 0.474. The van der Waals surface area contributed by atoms with Gasteiger partial charge in [0, 0.05) is 46.3 Å². The second kappa shape index (κ2) is 17.3. The van der Waals surface area contributed by atoms with Crippen LogP contribution in [0.2, 0.25) is 0 Å². The van der Waals surface area contributed by atoms with E-state index >= 15 is 0 Å². The molecule has 0 saturated carbocycles. The molecule has 0 amide bonds. The third-order valence-electron chi connectivity index (χ3n) is 10.3. The molecule has 0 bridgehead atoms. The van der Waals surface area contributed by atoms with Crippen LogP contribution in [0.5, 0.6) is 11.5 Å². The van der Waals surface area contributed by atoms with E-state index in [-0.39, 0.29) is 0 Å². The van der Waals surface area contributed by atoms with Crippen molar-refractivity contribution in [2.75, 3.05) is 9.80 Å². The number of rotatable bonds is 12. The zero-order chi connectivity index (χ0) is 41.6. The van der Waals surface area contributed by atoms with E-state index in [1.807, 2.05) is 24.3 Å². The summed E-state index contributed by atoms with van der Waals surface area (Å²) in [4.78, 5) is 27.8. The van der Waals surface area contributed by atoms with Crippen LogP contribution in [0.4, 0.5) is 34.1 Å². The molecule has 0 aliphatic rings. The Hall–Kier alpha value is -7.96. The number of hydrogen-bond acceptors (Lipinski definition) is 6. The number of anilines is 6. The third kappa shape index (κ3) is 8.64. The molecular weight excluding hydrogens is 741 g/mol. The Labute approximate surface area is 350 Å². The molecule has 0 fully saturated rings. The lowest BCUT2D eigenvalue weighted by molar-refractivity contribution is -0.129. The molecule has 0 heterocycles. The molecule has 0 N–H and O–H groups in total. The number of fused-ring (bicyclic) bond motifs is 1. The van der Waals surface area contributed by atoms with Gasteiger partial charge in [-0.05, 0) is 144 Å². The lowest BCUT2D eigenvalue weighted by atomic mass is 10.0. The first kappa shape index (κ1) is 38.9. The van der Waals surface area contributed by atoms with Crippen molar-refractivity contribution in [1.29, 1.82) is 0 Å². The molecule has 6 heteroatoms. The van der Waals surface area contributed by atoms with Gasteiger partial charge in [0.2, 0.25) is 0 Å². The zero-order valence-electron chi connectivity index (χ0n) is 33.4. The number of carbonyl (C=O) groups excluding carboxylic acids is 2. The van der Waals surface area contributed by atoms with Crippen LogP contribution in [-0.2, 0) is 9.59 Å². The summed E-state index contributed by atoms with van der Waals surface area (Å²) in [5.74, 6) is -0.0233. The Bertz CT molecular complexity index is 2610. The van der Waals surface area contributed by atoms with Crippen molar-refractivity contribution in [3.63, 3.8) is 0 Å². The molecule has 0 aliphatic carbocycles. The highest BCUT2D eigenvalue weighted by Gasteiger charge is 2.17. The van der Waals surface area contributed by atoms with E-state index in [0.29, 0.717) is 11.5 Å². The van der Waals surface area contributed by atoms with E-state index < -0.39 is 11.9 Å². The summed E-state index contributed by atoms with van der Waals surface area (Å²) in [6.07, 6.45) is 2.30. The summed E-state index contributed by atoms with van der Waals surface area (Å²) in [6, 6.07) is 62.3. The first-order valence-corrected chi connectivity index (χ1v) is 19.6. The lowest BCUT2D eigenvalue weighted by Gasteiger charge is -2.27. The number of hydrogen-bond donors (Lipinski definition) is 0. The fourth-order valence-electron chi connectivity index (χ4n) is 7.13. The number of aryl methyl sites for hydroxylation is 2. The molecule has 60 heavy (non-hydrogen) atoms. The minimum atomic E-state index is -0.486. The highest BCUT2D eigenvalue weighted by molar-refractivity contribution is 5.93. The minimum Gasteiger partial charge on any atom is -0.423 e. The summed E-state index contributed by atoms with van der Waals surface area (Å²) in [6.45, 7) is 11.1. The Morgan fingerprint density at radius 1 is 0.383 bits per heavy atom. The van der Waals surface area contributed by atoms with Crippen molar-refractivity contribution >= 4 is 56.8 Å². The van der Waals surface area contributed by atoms with E-state index in [1.54, 1.807) is 24.3 Å². The topological polar surface area (TPSA) is 59.1 Å². The molecule has 0 aromatic heterocycles. The number of carbonyl (C=O) groups is 2. The van der Waals surface area contributed by atoms with Gasteiger partial charge >= 0.3 is 11.9 Å². The van der Waals surface area contributed by atoms with Crippen LogP contribution in [0.3, 0.4) is 0 Å². The molecule has 292 valence electrons. The zero-order valence-corrected chi connectivity index (χ0v) is 33.4. The summed E-state index contributed by atoms with van der Waals surface area (Å²) in [5.41, 5.74) is 12.7. The average Bonchev–Trinajstić information content (AvgIpc) is 3.29. The molecule has 0 radical (unpaired) electrons. The molecule has 8 rings (SSSR count). The smallest absolute Gasteiger partial charge is 0.335 e. The maximum absolute atomic E-state index is 11.6. The maximum atomic E-state index is 11.6. The van der Waals surface area contributed by atoms with Crippen LogP contribution in [0.1, 0.15) is 11.1 Å². The van der Waals surface area contributed by atoms with E-state index in [4.69, 9.17) is 9.47 Å². The van der Waals surface area contributed by atoms with E-state index in [1.165, 1.54) is 11.1 Å². The Morgan fingerprint density at radius 2 is 0.650 bits per heavy atom. The van der Waals surface area contributed by atoms with E-state index in [2.05, 4.69) is 170 Å². The average molecular weight is 783 g/mol. The predicted molar refractivity (Wildman–Crippen MR) is 245 cm³/mol. The Kier molecular flexibility index (Phi) is 11.2. The van der Waals surface area contributed by atoms with Crippen LogP contribution in [-0.4, -0.2) is 11.9 Å². The van der Waals surface area contributed by atoms with Crippen LogP contribution in [0.25, 0.3) is 33.0 Å². The van der Waals surface area contributed by atoms with Crippen LogP contribution in [0, 0.1) is 13.8 Å². The molecule has 6 nitrogen and oxygen atoms in total. The summed E-state index contributed by atoms with van der Waals surface area (Å²) in [7, 11) is 0. The highest BCUT2D eigenvalue weighted by atomic mass is 16.5. The van der Waals surface area contributed by atoms with Crippen LogP contribution >= 0.6 is 0 Å². The molecule has 8 aromatic carbocycles. The van der Waals surface area contributed by atoms with Crippen molar-refractivity contribution in [2.24, 2.45) is 0 Å². The molecule has 8 aromatic rings.